The number of rotatable bonds is 2. The Labute approximate surface area is 78.2 Å². The molecule has 0 radical (unpaired) electrons. The van der Waals surface area contributed by atoms with E-state index < -0.39 is 0 Å². The second-order valence-electron chi connectivity index (χ2n) is 3.85. The summed E-state index contributed by atoms with van der Waals surface area (Å²) in [5.41, 5.74) is 2.74. The fourth-order valence-electron chi connectivity index (χ4n) is 1.26. The van der Waals surface area contributed by atoms with Crippen LogP contribution in [-0.4, -0.2) is 10.2 Å². The fourth-order valence-corrected chi connectivity index (χ4v) is 1.26. The van der Waals surface area contributed by atoms with E-state index in [1.165, 1.54) is 0 Å². The molecule has 13 heavy (non-hydrogen) atoms. The molecule has 1 aromatic heterocycles. The van der Waals surface area contributed by atoms with Crippen LogP contribution in [0, 0.1) is 19.8 Å². The van der Waals surface area contributed by atoms with E-state index in [-0.39, 0.29) is 5.56 Å². The summed E-state index contributed by atoms with van der Waals surface area (Å²) in [7, 11) is 0. The molecule has 0 aliphatic rings. The van der Waals surface area contributed by atoms with Gasteiger partial charge in [-0.1, -0.05) is 13.8 Å². The van der Waals surface area contributed by atoms with Gasteiger partial charge >= 0.3 is 0 Å². The topological polar surface area (TPSA) is 45.8 Å². The molecule has 0 bridgehead atoms. The van der Waals surface area contributed by atoms with Gasteiger partial charge in [0.05, 0.1) is 5.69 Å². The molecule has 0 saturated heterocycles. The van der Waals surface area contributed by atoms with Crippen LogP contribution in [0.4, 0.5) is 0 Å². The highest BCUT2D eigenvalue weighted by Gasteiger charge is 2.07. The Balaban J connectivity index is 3.11. The normalized spacial score (nSPS) is 10.8. The SMILES string of the molecule is Cc1c(CC(C)C)n[nH]c(=O)c1C. The van der Waals surface area contributed by atoms with E-state index in [4.69, 9.17) is 0 Å². The summed E-state index contributed by atoms with van der Waals surface area (Å²) in [6.45, 7) is 8.07. The number of hydrogen-bond donors (Lipinski definition) is 1. The van der Waals surface area contributed by atoms with Crippen molar-refractivity contribution in [1.29, 1.82) is 0 Å². The first kappa shape index (κ1) is 9.96. The first-order valence-corrected chi connectivity index (χ1v) is 4.57. The molecule has 0 aliphatic carbocycles. The second kappa shape index (κ2) is 3.73. The lowest BCUT2D eigenvalue weighted by Gasteiger charge is -2.07. The Kier molecular flexibility index (Phi) is 2.86. The Morgan fingerprint density at radius 1 is 1.31 bits per heavy atom. The zero-order valence-electron chi connectivity index (χ0n) is 8.64. The molecule has 0 spiro atoms. The van der Waals surface area contributed by atoms with Crippen LogP contribution in [0.25, 0.3) is 0 Å². The van der Waals surface area contributed by atoms with Gasteiger partial charge in [0.1, 0.15) is 0 Å². The molecule has 72 valence electrons. The number of H-pyrrole nitrogens is 1. The number of aromatic amines is 1. The van der Waals surface area contributed by atoms with Crippen LogP contribution in [-0.2, 0) is 6.42 Å². The van der Waals surface area contributed by atoms with Crippen LogP contribution in [0.2, 0.25) is 0 Å². The third-order valence-electron chi connectivity index (χ3n) is 2.23. The molecule has 0 atom stereocenters. The highest BCUT2D eigenvalue weighted by Crippen LogP contribution is 2.10. The molecule has 1 heterocycles. The van der Waals surface area contributed by atoms with Crippen LogP contribution in [0.5, 0.6) is 0 Å². The van der Waals surface area contributed by atoms with Crippen LogP contribution < -0.4 is 5.56 Å². The van der Waals surface area contributed by atoms with Gasteiger partial charge in [0.25, 0.3) is 5.56 Å². The minimum Gasteiger partial charge on any atom is -0.268 e. The van der Waals surface area contributed by atoms with Gasteiger partial charge in [-0.3, -0.25) is 4.79 Å². The largest absolute Gasteiger partial charge is 0.268 e. The second-order valence-corrected chi connectivity index (χ2v) is 3.85. The predicted molar refractivity (Wildman–Crippen MR) is 52.9 cm³/mol. The van der Waals surface area contributed by atoms with Gasteiger partial charge in [0.2, 0.25) is 0 Å². The van der Waals surface area contributed by atoms with Gasteiger partial charge in [-0.05, 0) is 31.7 Å². The Morgan fingerprint density at radius 3 is 2.46 bits per heavy atom. The van der Waals surface area contributed by atoms with Crippen LogP contribution in [0.1, 0.15) is 30.7 Å². The average molecular weight is 180 g/mol. The van der Waals surface area contributed by atoms with E-state index in [1.807, 2.05) is 13.8 Å². The van der Waals surface area contributed by atoms with Crippen molar-refractivity contribution in [2.75, 3.05) is 0 Å². The number of hydrogen-bond acceptors (Lipinski definition) is 2. The molecule has 3 nitrogen and oxygen atoms in total. The summed E-state index contributed by atoms with van der Waals surface area (Å²) in [5.74, 6) is 0.566. The maximum Gasteiger partial charge on any atom is 0.267 e. The zero-order chi connectivity index (χ0) is 10.0. The molecule has 1 rings (SSSR count). The van der Waals surface area contributed by atoms with Crippen molar-refractivity contribution in [3.8, 4) is 0 Å². The summed E-state index contributed by atoms with van der Waals surface area (Å²) >= 11 is 0. The monoisotopic (exact) mass is 180 g/mol. The van der Waals surface area contributed by atoms with Crippen LogP contribution >= 0.6 is 0 Å². The van der Waals surface area contributed by atoms with Gasteiger partial charge in [-0.25, -0.2) is 5.10 Å². The highest BCUT2D eigenvalue weighted by atomic mass is 16.1. The lowest BCUT2D eigenvalue weighted by atomic mass is 10.0. The molecule has 0 saturated carbocycles. The van der Waals surface area contributed by atoms with E-state index in [0.29, 0.717) is 5.92 Å². The van der Waals surface area contributed by atoms with Crippen LogP contribution in [0.15, 0.2) is 4.79 Å². The third-order valence-corrected chi connectivity index (χ3v) is 2.23. The molecular formula is C10H16N2O. The maximum absolute atomic E-state index is 11.2. The van der Waals surface area contributed by atoms with Crippen molar-refractivity contribution in [2.45, 2.75) is 34.1 Å². The summed E-state index contributed by atoms with van der Waals surface area (Å²) in [6, 6.07) is 0. The van der Waals surface area contributed by atoms with Crippen molar-refractivity contribution in [2.24, 2.45) is 5.92 Å². The molecule has 0 aromatic carbocycles. The molecule has 0 fully saturated rings. The Hall–Kier alpha value is -1.12. The van der Waals surface area contributed by atoms with E-state index >= 15 is 0 Å². The van der Waals surface area contributed by atoms with E-state index in [9.17, 15) is 4.79 Å². The minimum atomic E-state index is -0.0787. The molecule has 0 aliphatic heterocycles. The molecule has 0 amide bonds. The zero-order valence-corrected chi connectivity index (χ0v) is 8.64. The molecule has 1 aromatic rings. The number of nitrogens with one attached hydrogen (secondary N) is 1. The predicted octanol–water partition coefficient (Wildman–Crippen LogP) is 1.59. The summed E-state index contributed by atoms with van der Waals surface area (Å²) in [6.07, 6.45) is 0.920. The van der Waals surface area contributed by atoms with E-state index in [0.717, 1.165) is 23.2 Å². The van der Waals surface area contributed by atoms with E-state index in [1.54, 1.807) is 0 Å². The first-order valence-electron chi connectivity index (χ1n) is 4.57. The first-order chi connectivity index (χ1) is 6.02. The quantitative estimate of drug-likeness (QED) is 0.751. The Morgan fingerprint density at radius 2 is 1.92 bits per heavy atom. The smallest absolute Gasteiger partial charge is 0.267 e. The standard InChI is InChI=1S/C10H16N2O/c1-6(2)5-9-7(3)8(4)10(13)12-11-9/h6H,5H2,1-4H3,(H,12,13). The summed E-state index contributed by atoms with van der Waals surface area (Å²) < 4.78 is 0. The van der Waals surface area contributed by atoms with Gasteiger partial charge in [0.15, 0.2) is 0 Å². The van der Waals surface area contributed by atoms with Gasteiger partial charge in [-0.15, -0.1) is 0 Å². The highest BCUT2D eigenvalue weighted by molar-refractivity contribution is 5.24. The molecule has 1 N–H and O–H groups in total. The summed E-state index contributed by atoms with van der Waals surface area (Å²) in [4.78, 5) is 11.2. The van der Waals surface area contributed by atoms with Crippen molar-refractivity contribution in [1.82, 2.24) is 10.2 Å². The van der Waals surface area contributed by atoms with Crippen LogP contribution in [0.3, 0.4) is 0 Å². The lowest BCUT2D eigenvalue weighted by molar-refractivity contribution is 0.622. The number of nitrogens with zero attached hydrogens (tertiary/aromatic N) is 1. The summed E-state index contributed by atoms with van der Waals surface area (Å²) in [5, 5.41) is 6.55. The average Bonchev–Trinajstić information content (AvgIpc) is 2.06. The van der Waals surface area contributed by atoms with Gasteiger partial charge < -0.3 is 0 Å². The molecule has 0 unspecified atom stereocenters. The van der Waals surface area contributed by atoms with Crippen molar-refractivity contribution < 1.29 is 0 Å². The molecular weight excluding hydrogens is 164 g/mol. The fraction of sp³-hybridized carbons (Fsp3) is 0.600. The molecule has 3 heteroatoms. The number of aromatic nitrogens is 2. The Bertz CT molecular complexity index is 352. The lowest BCUT2D eigenvalue weighted by Crippen LogP contribution is -2.16. The van der Waals surface area contributed by atoms with Gasteiger partial charge in [0, 0.05) is 5.56 Å². The van der Waals surface area contributed by atoms with E-state index in [2.05, 4.69) is 24.0 Å². The minimum absolute atomic E-state index is 0.0787. The van der Waals surface area contributed by atoms with Crippen molar-refractivity contribution in [3.05, 3.63) is 27.2 Å². The maximum atomic E-state index is 11.2. The van der Waals surface area contributed by atoms with Gasteiger partial charge in [-0.2, -0.15) is 5.10 Å². The van der Waals surface area contributed by atoms with Crippen molar-refractivity contribution in [3.63, 3.8) is 0 Å². The van der Waals surface area contributed by atoms with Crippen molar-refractivity contribution >= 4 is 0 Å². The third kappa shape index (κ3) is 2.17.